The molecule has 4 aromatic rings. The number of nitrogens with one attached hydrogen (secondary N) is 1. The number of carbonyl (C=O) groups excluding carboxylic acids is 1. The average Bonchev–Trinajstić information content (AvgIpc) is 3.32. The molecule has 0 bridgehead atoms. The van der Waals surface area contributed by atoms with E-state index in [0.29, 0.717) is 55.6 Å². The normalized spacial score (nSPS) is 14.7. The molecule has 0 spiro atoms. The van der Waals surface area contributed by atoms with Crippen molar-refractivity contribution in [3.63, 3.8) is 0 Å². The van der Waals surface area contributed by atoms with Crippen LogP contribution in [0, 0.1) is 5.82 Å². The maximum Gasteiger partial charge on any atom is 0.254 e. The Morgan fingerprint density at radius 3 is 2.23 bits per heavy atom. The molecule has 1 N–H and O–H groups in total. The predicted octanol–water partition coefficient (Wildman–Crippen LogP) is 6.30. The van der Waals surface area contributed by atoms with Gasteiger partial charge in [-0.3, -0.25) is 4.79 Å². The lowest BCUT2D eigenvalue weighted by atomic mass is 9.91. The number of hydrogen-bond acceptors (Lipinski definition) is 5. The minimum atomic E-state index is -0.446. The number of methoxy groups -OCH3 is 1. The zero-order valence-corrected chi connectivity index (χ0v) is 22.7. The molecule has 8 heteroatoms. The van der Waals surface area contributed by atoms with Gasteiger partial charge in [-0.15, -0.1) is 0 Å². The highest BCUT2D eigenvalue weighted by molar-refractivity contribution is 5.97. The van der Waals surface area contributed by atoms with Crippen LogP contribution in [0.2, 0.25) is 0 Å². The molecule has 1 unspecified atom stereocenters. The number of hydrogen-bond donors (Lipinski definition) is 1. The lowest BCUT2D eigenvalue weighted by Gasteiger charge is -2.36. The van der Waals surface area contributed by atoms with Crippen molar-refractivity contribution in [1.29, 1.82) is 0 Å². The number of fused-ring (bicyclic) bond motifs is 3. The summed E-state index contributed by atoms with van der Waals surface area (Å²) in [6.07, 6.45) is 0.652. The van der Waals surface area contributed by atoms with Gasteiger partial charge in [-0.05, 0) is 80.8 Å². The van der Waals surface area contributed by atoms with Gasteiger partial charge in [0, 0.05) is 28.7 Å². The zero-order chi connectivity index (χ0) is 27.5. The first-order valence-electron chi connectivity index (χ1n) is 13.3. The van der Waals surface area contributed by atoms with E-state index in [0.717, 1.165) is 33.5 Å². The number of carbonyl (C=O) groups is 1. The maximum absolute atomic E-state index is 14.2. The summed E-state index contributed by atoms with van der Waals surface area (Å²) in [5.74, 6) is 1.66. The third-order valence-electron chi connectivity index (χ3n) is 6.94. The second-order valence-electron chi connectivity index (χ2n) is 9.23. The van der Waals surface area contributed by atoms with Crippen molar-refractivity contribution in [1.82, 2.24) is 9.88 Å². The molecule has 1 aliphatic heterocycles. The summed E-state index contributed by atoms with van der Waals surface area (Å²) in [7, 11) is 1.64. The van der Waals surface area contributed by atoms with Crippen LogP contribution in [0.5, 0.6) is 23.0 Å². The molecule has 1 atom stereocenters. The fourth-order valence-electron chi connectivity index (χ4n) is 5.28. The van der Waals surface area contributed by atoms with Crippen molar-refractivity contribution in [2.24, 2.45) is 0 Å². The Morgan fingerprint density at radius 1 is 0.949 bits per heavy atom. The van der Waals surface area contributed by atoms with E-state index in [2.05, 4.69) is 4.98 Å². The highest BCUT2D eigenvalue weighted by Gasteiger charge is 2.36. The molecule has 0 saturated heterocycles. The molecule has 204 valence electrons. The Bertz CT molecular complexity index is 1450. The van der Waals surface area contributed by atoms with Crippen LogP contribution in [0.4, 0.5) is 4.39 Å². The highest BCUT2D eigenvalue weighted by Crippen LogP contribution is 2.43. The van der Waals surface area contributed by atoms with Gasteiger partial charge >= 0.3 is 0 Å². The Morgan fingerprint density at radius 2 is 1.62 bits per heavy atom. The lowest BCUT2D eigenvalue weighted by Crippen LogP contribution is -2.40. The van der Waals surface area contributed by atoms with E-state index in [4.69, 9.17) is 18.9 Å². The summed E-state index contributed by atoms with van der Waals surface area (Å²) >= 11 is 0. The lowest BCUT2D eigenvalue weighted by molar-refractivity contribution is 0.0691. The number of H-pyrrole nitrogens is 1. The number of rotatable bonds is 9. The van der Waals surface area contributed by atoms with Gasteiger partial charge in [-0.1, -0.05) is 12.1 Å². The fourth-order valence-corrected chi connectivity index (χ4v) is 5.28. The number of aromatic nitrogens is 1. The molecule has 5 rings (SSSR count). The number of aromatic amines is 1. The van der Waals surface area contributed by atoms with Gasteiger partial charge in [-0.25, -0.2) is 4.39 Å². The van der Waals surface area contributed by atoms with Crippen LogP contribution in [-0.2, 0) is 6.42 Å². The molecule has 0 aliphatic carbocycles. The Hall–Kier alpha value is -4.20. The molecule has 0 saturated carbocycles. The standard InChI is InChI=1S/C31H33FN2O5/c1-5-37-26-16-20(17-27(38-6-2)30(26)39-7-3)31(35)34-15-14-23-24-18-22(36-4)12-13-25(24)33-28(23)29(34)19-8-10-21(32)11-9-19/h8-13,16-18,29,33H,5-7,14-15H2,1-4H3. The second kappa shape index (κ2) is 11.3. The monoisotopic (exact) mass is 532 g/mol. The zero-order valence-electron chi connectivity index (χ0n) is 22.7. The molecule has 1 aliphatic rings. The van der Waals surface area contributed by atoms with E-state index >= 15 is 0 Å². The average molecular weight is 533 g/mol. The van der Waals surface area contributed by atoms with Crippen LogP contribution in [-0.4, -0.2) is 49.3 Å². The number of nitrogens with zero attached hydrogens (tertiary/aromatic N) is 1. The third kappa shape index (κ3) is 4.99. The first kappa shape index (κ1) is 26.4. The SMILES string of the molecule is CCOc1cc(C(=O)N2CCc3c([nH]c4ccc(OC)cc34)C2c2ccc(F)cc2)cc(OCC)c1OCC. The van der Waals surface area contributed by atoms with Gasteiger partial charge in [0.15, 0.2) is 11.5 Å². The van der Waals surface area contributed by atoms with E-state index in [1.807, 2.05) is 43.9 Å². The summed E-state index contributed by atoms with van der Waals surface area (Å²) in [4.78, 5) is 19.6. The molecule has 39 heavy (non-hydrogen) atoms. The Balaban J connectivity index is 1.63. The first-order chi connectivity index (χ1) is 19.0. The van der Waals surface area contributed by atoms with Gasteiger partial charge in [0.1, 0.15) is 11.6 Å². The topological polar surface area (TPSA) is 73.0 Å². The molecule has 0 radical (unpaired) electrons. The molecule has 0 fully saturated rings. The van der Waals surface area contributed by atoms with Crippen LogP contribution in [0.25, 0.3) is 10.9 Å². The summed E-state index contributed by atoms with van der Waals surface area (Å²) in [6, 6.07) is 15.2. The van der Waals surface area contributed by atoms with Crippen molar-refractivity contribution in [2.75, 3.05) is 33.5 Å². The van der Waals surface area contributed by atoms with Crippen molar-refractivity contribution >= 4 is 16.8 Å². The smallest absolute Gasteiger partial charge is 0.254 e. The van der Waals surface area contributed by atoms with Crippen LogP contribution < -0.4 is 18.9 Å². The molecule has 3 aromatic carbocycles. The molecule has 1 amide bonds. The van der Waals surface area contributed by atoms with Crippen molar-refractivity contribution in [2.45, 2.75) is 33.2 Å². The summed E-state index contributed by atoms with van der Waals surface area (Å²) in [5, 5.41) is 1.06. The number of amides is 1. The number of halogens is 1. The van der Waals surface area contributed by atoms with Crippen LogP contribution >= 0.6 is 0 Å². The van der Waals surface area contributed by atoms with Crippen LogP contribution in [0.3, 0.4) is 0 Å². The third-order valence-corrected chi connectivity index (χ3v) is 6.94. The van der Waals surface area contributed by atoms with E-state index in [-0.39, 0.29) is 11.7 Å². The van der Waals surface area contributed by atoms with Crippen LogP contribution in [0.15, 0.2) is 54.6 Å². The fraction of sp³-hybridized carbons (Fsp3) is 0.323. The van der Waals surface area contributed by atoms with Gasteiger partial charge in [-0.2, -0.15) is 0 Å². The van der Waals surface area contributed by atoms with E-state index in [1.54, 1.807) is 31.4 Å². The summed E-state index contributed by atoms with van der Waals surface area (Å²) < 4.78 is 36.9. The quantitative estimate of drug-likeness (QED) is 0.274. The van der Waals surface area contributed by atoms with E-state index < -0.39 is 6.04 Å². The maximum atomic E-state index is 14.2. The number of benzene rings is 3. The van der Waals surface area contributed by atoms with E-state index in [1.165, 1.54) is 12.1 Å². The highest BCUT2D eigenvalue weighted by atomic mass is 19.1. The van der Waals surface area contributed by atoms with Crippen LogP contribution in [0.1, 0.15) is 54.0 Å². The minimum absolute atomic E-state index is 0.184. The summed E-state index contributed by atoms with van der Waals surface area (Å²) in [6.45, 7) is 7.37. The first-order valence-corrected chi connectivity index (χ1v) is 13.3. The number of ether oxygens (including phenoxy) is 4. The molecular weight excluding hydrogens is 499 g/mol. The Labute approximate surface area is 227 Å². The summed E-state index contributed by atoms with van der Waals surface area (Å²) in [5.41, 5.74) is 4.23. The second-order valence-corrected chi connectivity index (χ2v) is 9.23. The van der Waals surface area contributed by atoms with E-state index in [9.17, 15) is 9.18 Å². The van der Waals surface area contributed by atoms with Gasteiger partial charge < -0.3 is 28.8 Å². The van der Waals surface area contributed by atoms with Crippen molar-refractivity contribution in [3.8, 4) is 23.0 Å². The van der Waals surface area contributed by atoms with Gasteiger partial charge in [0.2, 0.25) is 5.75 Å². The largest absolute Gasteiger partial charge is 0.497 e. The van der Waals surface area contributed by atoms with Crippen molar-refractivity contribution < 1.29 is 28.1 Å². The Kier molecular flexibility index (Phi) is 7.63. The van der Waals surface area contributed by atoms with Gasteiger partial charge in [0.05, 0.1) is 33.0 Å². The molecule has 7 nitrogen and oxygen atoms in total. The van der Waals surface area contributed by atoms with Gasteiger partial charge in [0.25, 0.3) is 5.91 Å². The molecule has 2 heterocycles. The molecule has 1 aromatic heterocycles. The minimum Gasteiger partial charge on any atom is -0.497 e. The predicted molar refractivity (Wildman–Crippen MR) is 148 cm³/mol. The van der Waals surface area contributed by atoms with Crippen molar-refractivity contribution in [3.05, 3.63) is 82.8 Å². The molecular formula is C31H33FN2O5.